The van der Waals surface area contributed by atoms with Gasteiger partial charge in [-0.15, -0.1) is 0 Å². The van der Waals surface area contributed by atoms with Crippen molar-refractivity contribution in [1.29, 1.82) is 0 Å². The number of hydrogen-bond donors (Lipinski definition) is 0. The first-order chi connectivity index (χ1) is 22.8. The topological polar surface area (TPSA) is 14.8 Å². The van der Waals surface area contributed by atoms with E-state index in [-0.39, 0.29) is 0 Å². The molecule has 0 unspecified atom stereocenters. The Morgan fingerprint density at radius 1 is 0.370 bits per heavy atom. The van der Waals surface area contributed by atoms with Crippen LogP contribution in [0.25, 0.3) is 76.8 Å². The zero-order chi connectivity index (χ0) is 30.6. The molecule has 0 aliphatic heterocycles. The van der Waals surface area contributed by atoms with Crippen molar-refractivity contribution in [1.82, 2.24) is 13.7 Å². The number of fused-ring (bicyclic) bond motifs is 9. The van der Waals surface area contributed by atoms with Gasteiger partial charge in [-0.25, -0.2) is 0 Å². The Balaban J connectivity index is 1.29. The van der Waals surface area contributed by atoms with Gasteiger partial charge in [-0.3, -0.25) is 0 Å². The van der Waals surface area contributed by atoms with Crippen LogP contribution in [0.5, 0.6) is 0 Å². The molecular formula is C42H34BrN3. The van der Waals surface area contributed by atoms with E-state index in [1.54, 1.807) is 0 Å². The van der Waals surface area contributed by atoms with Crippen LogP contribution in [0.4, 0.5) is 0 Å². The van der Waals surface area contributed by atoms with Crippen molar-refractivity contribution < 1.29 is 0 Å². The van der Waals surface area contributed by atoms with E-state index in [4.69, 9.17) is 0 Å². The molecule has 0 radical (unpaired) electrons. The molecule has 46 heavy (non-hydrogen) atoms. The Morgan fingerprint density at radius 2 is 0.761 bits per heavy atom. The molecule has 9 rings (SSSR count). The monoisotopic (exact) mass is 659 g/mol. The highest BCUT2D eigenvalue weighted by atomic mass is 79.9. The second kappa shape index (κ2) is 11.2. The van der Waals surface area contributed by atoms with E-state index in [1.807, 2.05) is 0 Å². The summed E-state index contributed by atoms with van der Waals surface area (Å²) in [7, 11) is 0. The molecule has 3 heterocycles. The van der Waals surface area contributed by atoms with Crippen LogP contribution >= 0.6 is 15.9 Å². The Kier molecular flexibility index (Phi) is 6.71. The highest BCUT2D eigenvalue weighted by Gasteiger charge is 2.17. The highest BCUT2D eigenvalue weighted by Crippen LogP contribution is 2.38. The van der Waals surface area contributed by atoms with Gasteiger partial charge in [0.15, 0.2) is 0 Å². The minimum absolute atomic E-state index is 1.02. The molecule has 3 nitrogen and oxygen atoms in total. The fraction of sp³-hybridized carbons (Fsp3) is 0.143. The van der Waals surface area contributed by atoms with E-state index < -0.39 is 0 Å². The molecular weight excluding hydrogens is 626 g/mol. The first-order valence-corrected chi connectivity index (χ1v) is 17.5. The van der Waals surface area contributed by atoms with E-state index in [0.717, 1.165) is 11.9 Å². The van der Waals surface area contributed by atoms with Crippen molar-refractivity contribution in [2.24, 2.45) is 0 Å². The van der Waals surface area contributed by atoms with Crippen LogP contribution in [0.1, 0.15) is 25.7 Å². The third-order valence-corrected chi connectivity index (χ3v) is 10.3. The molecule has 0 aliphatic rings. The summed E-state index contributed by atoms with van der Waals surface area (Å²) in [5.41, 5.74) is 9.97. The second-order valence-corrected chi connectivity index (χ2v) is 13.2. The van der Waals surface area contributed by atoms with Crippen LogP contribution in [0.2, 0.25) is 0 Å². The van der Waals surface area contributed by atoms with Crippen LogP contribution in [-0.4, -0.2) is 19.0 Å². The molecule has 0 saturated carbocycles. The van der Waals surface area contributed by atoms with Crippen molar-refractivity contribution in [2.45, 2.75) is 32.2 Å². The van der Waals surface area contributed by atoms with Crippen LogP contribution in [0.15, 0.2) is 133 Å². The zero-order valence-electron chi connectivity index (χ0n) is 25.7. The van der Waals surface area contributed by atoms with Crippen molar-refractivity contribution in [3.8, 4) is 11.4 Å². The number of alkyl halides is 1. The lowest BCUT2D eigenvalue weighted by Gasteiger charge is -2.10. The minimum Gasteiger partial charge on any atom is -0.340 e. The van der Waals surface area contributed by atoms with Crippen LogP contribution in [-0.2, 0) is 6.54 Å². The number of hydrogen-bond acceptors (Lipinski definition) is 0. The number of aryl methyl sites for hydroxylation is 1. The predicted octanol–water partition coefficient (Wildman–Crippen LogP) is 11.9. The molecule has 4 heteroatoms. The van der Waals surface area contributed by atoms with E-state index in [1.165, 1.54) is 102 Å². The van der Waals surface area contributed by atoms with Gasteiger partial charge in [0.1, 0.15) is 0 Å². The summed E-state index contributed by atoms with van der Waals surface area (Å²) in [6.07, 6.45) is 4.91. The van der Waals surface area contributed by atoms with Gasteiger partial charge in [-0.2, -0.15) is 0 Å². The number of para-hydroxylation sites is 4. The first kappa shape index (κ1) is 27.5. The lowest BCUT2D eigenvalue weighted by atomic mass is 10.1. The fourth-order valence-electron chi connectivity index (χ4n) is 7.72. The maximum atomic E-state index is 3.60. The summed E-state index contributed by atoms with van der Waals surface area (Å²) >= 11 is 3.60. The second-order valence-electron chi connectivity index (χ2n) is 12.4. The quantitative estimate of drug-likeness (QED) is 0.114. The van der Waals surface area contributed by atoms with Gasteiger partial charge < -0.3 is 13.7 Å². The SMILES string of the molecule is BrCCCCCCn1c2ccc(-n3c4ccccc4c4ccccc43)cc2c2cc(-n3c4ccccc4c4ccccc43)ccc21. The van der Waals surface area contributed by atoms with Gasteiger partial charge in [0, 0.05) is 66.6 Å². The highest BCUT2D eigenvalue weighted by molar-refractivity contribution is 9.09. The smallest absolute Gasteiger partial charge is 0.0541 e. The Labute approximate surface area is 276 Å². The maximum absolute atomic E-state index is 3.60. The van der Waals surface area contributed by atoms with Gasteiger partial charge >= 0.3 is 0 Å². The lowest BCUT2D eigenvalue weighted by Crippen LogP contribution is -1.99. The van der Waals surface area contributed by atoms with Crippen molar-refractivity contribution in [3.05, 3.63) is 133 Å². The van der Waals surface area contributed by atoms with Gasteiger partial charge in [0.2, 0.25) is 0 Å². The summed E-state index contributed by atoms with van der Waals surface area (Å²) in [6.45, 7) is 1.02. The lowest BCUT2D eigenvalue weighted by molar-refractivity contribution is 0.605. The molecule has 0 saturated heterocycles. The molecule has 224 valence electrons. The summed E-state index contributed by atoms with van der Waals surface area (Å²) < 4.78 is 7.43. The Hall–Kier alpha value is -4.80. The summed E-state index contributed by atoms with van der Waals surface area (Å²) in [4.78, 5) is 0. The molecule has 0 bridgehead atoms. The summed E-state index contributed by atoms with van der Waals surface area (Å²) in [5, 5.41) is 8.85. The molecule has 0 spiro atoms. The van der Waals surface area contributed by atoms with Crippen LogP contribution < -0.4 is 0 Å². The fourth-order valence-corrected chi connectivity index (χ4v) is 8.11. The average molecular weight is 661 g/mol. The average Bonchev–Trinajstić information content (AvgIpc) is 3.73. The minimum atomic E-state index is 1.02. The summed E-state index contributed by atoms with van der Waals surface area (Å²) in [6, 6.07) is 49.3. The number of halogens is 1. The van der Waals surface area contributed by atoms with E-state index in [2.05, 4.69) is 163 Å². The molecule has 0 amide bonds. The molecule has 3 aromatic heterocycles. The predicted molar refractivity (Wildman–Crippen MR) is 200 cm³/mol. The zero-order valence-corrected chi connectivity index (χ0v) is 27.2. The van der Waals surface area contributed by atoms with Crippen LogP contribution in [0.3, 0.4) is 0 Å². The number of unbranched alkanes of at least 4 members (excludes halogenated alkanes) is 3. The van der Waals surface area contributed by atoms with Crippen molar-refractivity contribution >= 4 is 81.3 Å². The summed E-state index contributed by atoms with van der Waals surface area (Å²) in [5.74, 6) is 0. The Bertz CT molecular complexity index is 2280. The standard InChI is InChI=1S/C42H34BrN3/c43-25-11-1-2-12-26-44-37-23-21-29(45-39-17-7-3-13-31(39)32-14-4-8-18-40(32)45)27-35(37)36-28-30(22-24-38(36)44)46-41-19-9-5-15-33(41)34-16-6-10-20-42(34)46/h3-10,13-24,27-28H,1-2,11-12,25-26H2. The third-order valence-electron chi connectivity index (χ3n) is 9.77. The first-order valence-electron chi connectivity index (χ1n) is 16.4. The van der Waals surface area contributed by atoms with Gasteiger partial charge in [-0.05, 0) is 73.5 Å². The van der Waals surface area contributed by atoms with E-state index in [0.29, 0.717) is 0 Å². The normalized spacial score (nSPS) is 12.1. The number of nitrogens with zero attached hydrogens (tertiary/aromatic N) is 3. The number of rotatable bonds is 8. The van der Waals surface area contributed by atoms with Gasteiger partial charge in [0.25, 0.3) is 0 Å². The van der Waals surface area contributed by atoms with Crippen molar-refractivity contribution in [2.75, 3.05) is 5.33 Å². The molecule has 0 atom stereocenters. The molecule has 0 fully saturated rings. The van der Waals surface area contributed by atoms with Gasteiger partial charge in [-0.1, -0.05) is 102 Å². The molecule has 6 aromatic carbocycles. The van der Waals surface area contributed by atoms with E-state index in [9.17, 15) is 0 Å². The third kappa shape index (κ3) is 4.24. The van der Waals surface area contributed by atoms with Gasteiger partial charge in [0.05, 0.1) is 22.1 Å². The maximum Gasteiger partial charge on any atom is 0.0541 e. The molecule has 0 N–H and O–H groups in total. The molecule has 9 aromatic rings. The number of aromatic nitrogens is 3. The molecule has 0 aliphatic carbocycles. The van der Waals surface area contributed by atoms with Crippen molar-refractivity contribution in [3.63, 3.8) is 0 Å². The van der Waals surface area contributed by atoms with E-state index >= 15 is 0 Å². The number of benzene rings is 6. The Morgan fingerprint density at radius 3 is 1.17 bits per heavy atom. The largest absolute Gasteiger partial charge is 0.340 e. The van der Waals surface area contributed by atoms with Crippen LogP contribution in [0, 0.1) is 0 Å².